The van der Waals surface area contributed by atoms with Gasteiger partial charge in [-0.2, -0.15) is 0 Å². The van der Waals surface area contributed by atoms with Crippen molar-refractivity contribution in [2.45, 2.75) is 58.8 Å². The van der Waals surface area contributed by atoms with Crippen LogP contribution in [0.2, 0.25) is 0 Å². The molecular formula is C33H36N6O2. The molecule has 41 heavy (non-hydrogen) atoms. The van der Waals surface area contributed by atoms with Crippen molar-refractivity contribution in [3.05, 3.63) is 83.0 Å². The number of ether oxygens (including phenoxy) is 1. The highest BCUT2D eigenvalue weighted by atomic mass is 16.5. The maximum Gasteiger partial charge on any atom is 0.180 e. The minimum Gasteiger partial charge on any atom is -0.494 e. The number of benzene rings is 1. The van der Waals surface area contributed by atoms with E-state index in [4.69, 9.17) is 14.7 Å². The first-order valence-electron chi connectivity index (χ1n) is 14.5. The SMILES string of the molecule is CCOc1ccc(-c2nc(C3(C)CCN(c4ncnc5c4C=C(c4ccc(C(=O)CC)nc4)C5)CC3)[nH]c2C)cc1. The van der Waals surface area contributed by atoms with Gasteiger partial charge >= 0.3 is 0 Å². The van der Waals surface area contributed by atoms with Crippen molar-refractivity contribution >= 4 is 23.3 Å². The number of carbonyl (C=O) groups is 1. The minimum atomic E-state index is -0.0503. The Morgan fingerprint density at radius 3 is 2.46 bits per heavy atom. The summed E-state index contributed by atoms with van der Waals surface area (Å²) in [7, 11) is 0. The molecule has 4 aromatic rings. The molecule has 8 nitrogen and oxygen atoms in total. The van der Waals surface area contributed by atoms with Crippen LogP contribution in [0.25, 0.3) is 22.9 Å². The van der Waals surface area contributed by atoms with E-state index in [1.165, 1.54) is 0 Å². The summed E-state index contributed by atoms with van der Waals surface area (Å²) in [6.45, 7) is 10.7. The van der Waals surface area contributed by atoms with Gasteiger partial charge in [0.2, 0.25) is 0 Å². The number of imidazole rings is 1. The Hall–Kier alpha value is -4.33. The number of piperidine rings is 1. The van der Waals surface area contributed by atoms with E-state index in [0.717, 1.165) is 89.1 Å². The number of nitrogens with zero attached hydrogens (tertiary/aromatic N) is 5. The summed E-state index contributed by atoms with van der Waals surface area (Å²) in [4.78, 5) is 36.8. The average Bonchev–Trinajstić information content (AvgIpc) is 3.62. The van der Waals surface area contributed by atoms with Crippen LogP contribution in [0.3, 0.4) is 0 Å². The van der Waals surface area contributed by atoms with Crippen molar-refractivity contribution in [2.24, 2.45) is 0 Å². The summed E-state index contributed by atoms with van der Waals surface area (Å²) >= 11 is 0. The van der Waals surface area contributed by atoms with Crippen molar-refractivity contribution < 1.29 is 9.53 Å². The van der Waals surface area contributed by atoms with Gasteiger partial charge < -0.3 is 14.6 Å². The lowest BCUT2D eigenvalue weighted by Crippen LogP contribution is -2.42. The second kappa shape index (κ2) is 10.9. The van der Waals surface area contributed by atoms with Crippen molar-refractivity contribution in [2.75, 3.05) is 24.6 Å². The second-order valence-electron chi connectivity index (χ2n) is 11.2. The van der Waals surface area contributed by atoms with Gasteiger partial charge in [0, 0.05) is 54.4 Å². The van der Waals surface area contributed by atoms with Gasteiger partial charge in [-0.3, -0.25) is 9.78 Å². The lowest BCUT2D eigenvalue weighted by molar-refractivity contribution is 0.0983. The Morgan fingerprint density at radius 2 is 1.78 bits per heavy atom. The number of fused-ring (bicyclic) bond motifs is 1. The fourth-order valence-electron chi connectivity index (χ4n) is 5.83. The smallest absolute Gasteiger partial charge is 0.180 e. The van der Waals surface area contributed by atoms with E-state index in [1.54, 1.807) is 12.5 Å². The minimum absolute atomic E-state index is 0.0503. The standard InChI is InChI=1S/C33H36N6O2/c1-5-29(40)27-12-9-23(19-34-27)24-17-26-28(18-24)35-20-36-31(26)39-15-13-33(4,14-16-39)32-37-21(3)30(38-32)22-7-10-25(11-8-22)41-6-2/h7-12,17,19-20H,5-6,13-16,18H2,1-4H3,(H,37,38). The molecule has 1 saturated heterocycles. The number of Topliss-reactive ketones (excluding diaryl/α,β-unsaturated/α-hetero) is 1. The van der Waals surface area contributed by atoms with Gasteiger partial charge in [0.05, 0.1) is 18.0 Å². The summed E-state index contributed by atoms with van der Waals surface area (Å²) in [6.07, 6.45) is 8.79. The van der Waals surface area contributed by atoms with Crippen LogP contribution in [0, 0.1) is 6.92 Å². The van der Waals surface area contributed by atoms with Crippen LogP contribution >= 0.6 is 0 Å². The third-order valence-electron chi connectivity index (χ3n) is 8.42. The molecule has 0 radical (unpaired) electrons. The normalized spacial score (nSPS) is 15.9. The fraction of sp³-hybridized carbons (Fsp3) is 0.364. The molecule has 3 aromatic heterocycles. The van der Waals surface area contributed by atoms with Crippen LogP contribution in [0.5, 0.6) is 5.75 Å². The number of allylic oxidation sites excluding steroid dienone is 1. The number of H-pyrrole nitrogens is 1. The molecule has 0 bridgehead atoms. The number of rotatable bonds is 8. The second-order valence-corrected chi connectivity index (χ2v) is 11.2. The zero-order chi connectivity index (χ0) is 28.6. The number of aromatic nitrogens is 5. The van der Waals surface area contributed by atoms with E-state index in [2.05, 4.69) is 51.9 Å². The molecular weight excluding hydrogens is 512 g/mol. The number of anilines is 1. The third-order valence-corrected chi connectivity index (χ3v) is 8.42. The topological polar surface area (TPSA) is 96.9 Å². The summed E-state index contributed by atoms with van der Waals surface area (Å²) in [5.74, 6) is 2.97. The maximum absolute atomic E-state index is 12.0. The molecule has 4 heterocycles. The highest BCUT2D eigenvalue weighted by molar-refractivity contribution is 5.95. The Bertz CT molecular complexity index is 1600. The van der Waals surface area contributed by atoms with Crippen molar-refractivity contribution in [3.8, 4) is 17.0 Å². The first-order valence-corrected chi connectivity index (χ1v) is 14.5. The average molecular weight is 549 g/mol. The molecule has 0 spiro atoms. The number of aromatic amines is 1. The maximum atomic E-state index is 12.0. The predicted molar refractivity (Wildman–Crippen MR) is 161 cm³/mol. The Kier molecular flexibility index (Phi) is 7.15. The molecule has 0 atom stereocenters. The number of carbonyl (C=O) groups excluding carboxylic acids is 1. The molecule has 210 valence electrons. The number of aryl methyl sites for hydroxylation is 1. The van der Waals surface area contributed by atoms with Crippen molar-refractivity contribution in [1.82, 2.24) is 24.9 Å². The van der Waals surface area contributed by atoms with Crippen LogP contribution < -0.4 is 9.64 Å². The quantitative estimate of drug-likeness (QED) is 0.261. The van der Waals surface area contributed by atoms with Gasteiger partial charge in [-0.1, -0.05) is 19.9 Å². The molecule has 1 aliphatic carbocycles. The largest absolute Gasteiger partial charge is 0.494 e. The van der Waals surface area contributed by atoms with Gasteiger partial charge in [-0.15, -0.1) is 0 Å². The molecule has 6 rings (SSSR count). The fourth-order valence-corrected chi connectivity index (χ4v) is 5.83. The predicted octanol–water partition coefficient (Wildman–Crippen LogP) is 6.22. The van der Waals surface area contributed by atoms with E-state index >= 15 is 0 Å². The molecule has 0 saturated carbocycles. The summed E-state index contributed by atoms with van der Waals surface area (Å²) in [6, 6.07) is 12.0. The van der Waals surface area contributed by atoms with E-state index in [9.17, 15) is 4.79 Å². The lowest BCUT2D eigenvalue weighted by atomic mass is 9.79. The van der Waals surface area contributed by atoms with Crippen LogP contribution in [0.1, 0.15) is 78.9 Å². The van der Waals surface area contributed by atoms with Gasteiger partial charge in [0.15, 0.2) is 5.78 Å². The zero-order valence-electron chi connectivity index (χ0n) is 24.2. The molecule has 0 unspecified atom stereocenters. The van der Waals surface area contributed by atoms with Gasteiger partial charge in [0.1, 0.15) is 29.4 Å². The van der Waals surface area contributed by atoms with Crippen LogP contribution in [0.4, 0.5) is 5.82 Å². The summed E-state index contributed by atoms with van der Waals surface area (Å²) in [5.41, 5.74) is 7.94. The first-order chi connectivity index (χ1) is 19.9. The number of ketones is 1. The number of hydrogen-bond acceptors (Lipinski definition) is 7. The van der Waals surface area contributed by atoms with E-state index in [-0.39, 0.29) is 11.2 Å². The number of hydrogen-bond donors (Lipinski definition) is 1. The van der Waals surface area contributed by atoms with Crippen LogP contribution in [-0.2, 0) is 11.8 Å². The Balaban J connectivity index is 1.18. The molecule has 1 fully saturated rings. The lowest BCUT2D eigenvalue weighted by Gasteiger charge is -2.39. The van der Waals surface area contributed by atoms with E-state index < -0.39 is 0 Å². The van der Waals surface area contributed by atoms with Gasteiger partial charge in [-0.05, 0) is 74.2 Å². The van der Waals surface area contributed by atoms with Crippen LogP contribution in [0.15, 0.2) is 48.9 Å². The molecule has 1 aromatic carbocycles. The first kappa shape index (κ1) is 26.9. The highest BCUT2D eigenvalue weighted by Gasteiger charge is 2.36. The highest BCUT2D eigenvalue weighted by Crippen LogP contribution is 2.40. The molecule has 0 amide bonds. The van der Waals surface area contributed by atoms with Gasteiger partial charge in [-0.25, -0.2) is 15.0 Å². The monoisotopic (exact) mass is 548 g/mol. The molecule has 8 heteroatoms. The van der Waals surface area contributed by atoms with E-state index in [0.29, 0.717) is 18.7 Å². The van der Waals surface area contributed by atoms with Gasteiger partial charge in [0.25, 0.3) is 0 Å². The third kappa shape index (κ3) is 5.14. The van der Waals surface area contributed by atoms with Crippen molar-refractivity contribution in [1.29, 1.82) is 0 Å². The summed E-state index contributed by atoms with van der Waals surface area (Å²) < 4.78 is 5.60. The zero-order valence-corrected chi connectivity index (χ0v) is 24.2. The van der Waals surface area contributed by atoms with Crippen LogP contribution in [-0.4, -0.2) is 50.4 Å². The van der Waals surface area contributed by atoms with Crippen molar-refractivity contribution in [3.63, 3.8) is 0 Å². The number of nitrogens with one attached hydrogen (secondary N) is 1. The molecule has 1 N–H and O–H groups in total. The Labute approximate surface area is 240 Å². The van der Waals surface area contributed by atoms with E-state index in [1.807, 2.05) is 38.1 Å². The Morgan fingerprint density at radius 1 is 1.02 bits per heavy atom. The summed E-state index contributed by atoms with van der Waals surface area (Å²) in [5, 5.41) is 0. The number of pyridine rings is 1. The molecule has 2 aliphatic rings. The molecule has 1 aliphatic heterocycles.